The number of hydrogen-bond acceptors (Lipinski definition) is 4. The van der Waals surface area contributed by atoms with E-state index >= 15 is 0 Å². The molecule has 0 aliphatic carbocycles. The van der Waals surface area contributed by atoms with Gasteiger partial charge in [-0.2, -0.15) is 0 Å². The molecule has 0 saturated carbocycles. The second-order valence-electron chi connectivity index (χ2n) is 7.45. The van der Waals surface area contributed by atoms with E-state index in [9.17, 15) is 9.59 Å². The molecule has 5 nitrogen and oxygen atoms in total. The summed E-state index contributed by atoms with van der Waals surface area (Å²) >= 11 is 1.32. The van der Waals surface area contributed by atoms with E-state index in [0.29, 0.717) is 11.4 Å². The summed E-state index contributed by atoms with van der Waals surface area (Å²) in [5.41, 5.74) is 4.42. The summed E-state index contributed by atoms with van der Waals surface area (Å²) < 4.78 is 0. The van der Waals surface area contributed by atoms with E-state index in [-0.39, 0.29) is 17.6 Å². The standard InChI is InChI=1S/C27H23N3O2S/c1-19-11-14-22(15-12-19)29-26(31)18-33-24-10-6-5-9-23(24)27(32)30-25-16-13-21(17-28-25)20-7-3-2-4-8-20/h2-17H,18H2,1H3,(H,29,31)(H,28,30,32). The maximum absolute atomic E-state index is 12.9. The van der Waals surface area contributed by atoms with Crippen LogP contribution in [0.3, 0.4) is 0 Å². The molecule has 0 aliphatic rings. The third kappa shape index (κ3) is 6.08. The molecule has 164 valence electrons. The first-order valence-electron chi connectivity index (χ1n) is 10.5. The molecule has 1 heterocycles. The van der Waals surface area contributed by atoms with Crippen LogP contribution in [0, 0.1) is 6.92 Å². The van der Waals surface area contributed by atoms with Gasteiger partial charge in [-0.05, 0) is 48.9 Å². The van der Waals surface area contributed by atoms with Crippen LogP contribution in [0.2, 0.25) is 0 Å². The third-order valence-electron chi connectivity index (χ3n) is 4.94. The fraction of sp³-hybridized carbons (Fsp3) is 0.0741. The van der Waals surface area contributed by atoms with Crippen LogP contribution in [-0.2, 0) is 4.79 Å². The first-order chi connectivity index (χ1) is 16.1. The molecule has 0 radical (unpaired) electrons. The van der Waals surface area contributed by atoms with Gasteiger partial charge in [-0.25, -0.2) is 4.98 Å². The van der Waals surface area contributed by atoms with Gasteiger partial charge in [0.1, 0.15) is 5.82 Å². The molecule has 0 aliphatic heterocycles. The maximum Gasteiger partial charge on any atom is 0.257 e. The minimum atomic E-state index is -0.267. The molecule has 6 heteroatoms. The van der Waals surface area contributed by atoms with Crippen LogP contribution >= 0.6 is 11.8 Å². The van der Waals surface area contributed by atoms with Crippen LogP contribution in [0.4, 0.5) is 11.5 Å². The highest BCUT2D eigenvalue weighted by molar-refractivity contribution is 8.00. The number of hydrogen-bond donors (Lipinski definition) is 2. The molecular formula is C27H23N3O2S. The van der Waals surface area contributed by atoms with Crippen LogP contribution in [-0.4, -0.2) is 22.6 Å². The van der Waals surface area contributed by atoms with Gasteiger partial charge in [-0.1, -0.05) is 60.2 Å². The highest BCUT2D eigenvalue weighted by atomic mass is 32.2. The molecule has 0 atom stereocenters. The SMILES string of the molecule is Cc1ccc(NC(=O)CSc2ccccc2C(=O)Nc2ccc(-c3ccccc3)cn2)cc1. The van der Waals surface area contributed by atoms with Crippen molar-refractivity contribution < 1.29 is 9.59 Å². The number of amides is 2. The van der Waals surface area contributed by atoms with Gasteiger partial charge in [0.05, 0.1) is 11.3 Å². The van der Waals surface area contributed by atoms with Crippen molar-refractivity contribution in [1.82, 2.24) is 4.98 Å². The van der Waals surface area contributed by atoms with E-state index in [1.54, 1.807) is 24.4 Å². The number of rotatable bonds is 7. The van der Waals surface area contributed by atoms with Gasteiger partial charge in [-0.3, -0.25) is 9.59 Å². The number of benzene rings is 3. The van der Waals surface area contributed by atoms with Gasteiger partial charge in [0.2, 0.25) is 5.91 Å². The summed E-state index contributed by atoms with van der Waals surface area (Å²) in [7, 11) is 0. The van der Waals surface area contributed by atoms with Crippen molar-refractivity contribution in [3.63, 3.8) is 0 Å². The summed E-state index contributed by atoms with van der Waals surface area (Å²) in [5, 5.41) is 5.72. The summed E-state index contributed by atoms with van der Waals surface area (Å²) in [6, 6.07) is 28.5. The molecule has 0 saturated heterocycles. The quantitative estimate of drug-likeness (QED) is 0.335. The topological polar surface area (TPSA) is 71.1 Å². The van der Waals surface area contributed by atoms with Crippen molar-refractivity contribution in [3.05, 3.63) is 108 Å². The van der Waals surface area contributed by atoms with Crippen molar-refractivity contribution in [1.29, 1.82) is 0 Å². The molecular weight excluding hydrogens is 430 g/mol. The lowest BCUT2D eigenvalue weighted by Crippen LogP contribution is -2.16. The van der Waals surface area contributed by atoms with Gasteiger partial charge < -0.3 is 10.6 Å². The maximum atomic E-state index is 12.9. The Bertz CT molecular complexity index is 1240. The minimum absolute atomic E-state index is 0.128. The lowest BCUT2D eigenvalue weighted by Gasteiger charge is -2.10. The van der Waals surface area contributed by atoms with Crippen LogP contribution in [0.25, 0.3) is 11.1 Å². The van der Waals surface area contributed by atoms with Crippen molar-refractivity contribution in [3.8, 4) is 11.1 Å². The zero-order chi connectivity index (χ0) is 23.0. The van der Waals surface area contributed by atoms with Crippen LogP contribution < -0.4 is 10.6 Å². The Labute approximate surface area is 197 Å². The van der Waals surface area contributed by atoms with E-state index in [0.717, 1.165) is 27.3 Å². The fourth-order valence-corrected chi connectivity index (χ4v) is 4.06. The van der Waals surface area contributed by atoms with E-state index in [1.165, 1.54) is 11.8 Å². The molecule has 0 spiro atoms. The molecule has 3 aromatic carbocycles. The minimum Gasteiger partial charge on any atom is -0.325 e. The highest BCUT2D eigenvalue weighted by Gasteiger charge is 2.14. The lowest BCUT2D eigenvalue weighted by atomic mass is 10.1. The number of carbonyl (C=O) groups is 2. The number of nitrogens with one attached hydrogen (secondary N) is 2. The fourth-order valence-electron chi connectivity index (χ4n) is 3.21. The number of nitrogens with zero attached hydrogens (tertiary/aromatic N) is 1. The van der Waals surface area contributed by atoms with Crippen LogP contribution in [0.1, 0.15) is 15.9 Å². The molecule has 0 unspecified atom stereocenters. The summed E-state index contributed by atoms with van der Waals surface area (Å²) in [4.78, 5) is 30.3. The van der Waals surface area contributed by atoms with Gasteiger partial charge in [0.15, 0.2) is 0 Å². The van der Waals surface area contributed by atoms with Crippen molar-refractivity contribution in [2.45, 2.75) is 11.8 Å². The average Bonchev–Trinajstić information content (AvgIpc) is 2.85. The van der Waals surface area contributed by atoms with E-state index in [4.69, 9.17) is 0 Å². The van der Waals surface area contributed by atoms with E-state index in [1.807, 2.05) is 79.7 Å². The Morgan fingerprint density at radius 1 is 0.788 bits per heavy atom. The normalized spacial score (nSPS) is 10.5. The molecule has 2 amide bonds. The monoisotopic (exact) mass is 453 g/mol. The smallest absolute Gasteiger partial charge is 0.257 e. The molecule has 4 aromatic rings. The van der Waals surface area contributed by atoms with Gasteiger partial charge in [0.25, 0.3) is 5.91 Å². The van der Waals surface area contributed by atoms with Crippen molar-refractivity contribution >= 4 is 35.1 Å². The number of carbonyl (C=O) groups excluding carboxylic acids is 2. The Morgan fingerprint density at radius 3 is 2.24 bits per heavy atom. The number of thioether (sulfide) groups is 1. The predicted molar refractivity (Wildman–Crippen MR) is 135 cm³/mol. The first kappa shape index (κ1) is 22.3. The van der Waals surface area contributed by atoms with Gasteiger partial charge >= 0.3 is 0 Å². The average molecular weight is 454 g/mol. The Kier molecular flexibility index (Phi) is 7.17. The van der Waals surface area contributed by atoms with Gasteiger partial charge in [-0.15, -0.1) is 11.8 Å². The Morgan fingerprint density at radius 2 is 1.52 bits per heavy atom. The molecule has 0 bridgehead atoms. The second kappa shape index (κ2) is 10.6. The number of aromatic nitrogens is 1. The largest absolute Gasteiger partial charge is 0.325 e. The summed E-state index contributed by atoms with van der Waals surface area (Å²) in [6.07, 6.45) is 1.74. The highest BCUT2D eigenvalue weighted by Crippen LogP contribution is 2.24. The van der Waals surface area contributed by atoms with Crippen molar-refractivity contribution in [2.75, 3.05) is 16.4 Å². The number of pyridine rings is 1. The third-order valence-corrected chi connectivity index (χ3v) is 6.01. The Balaban J connectivity index is 1.38. The molecule has 33 heavy (non-hydrogen) atoms. The molecule has 0 fully saturated rings. The Hall–Kier alpha value is -3.90. The summed E-state index contributed by atoms with van der Waals surface area (Å²) in [5.74, 6) is 0.271. The lowest BCUT2D eigenvalue weighted by molar-refractivity contribution is -0.113. The zero-order valence-corrected chi connectivity index (χ0v) is 18.9. The molecule has 4 rings (SSSR count). The zero-order valence-electron chi connectivity index (χ0n) is 18.1. The molecule has 1 aromatic heterocycles. The van der Waals surface area contributed by atoms with E-state index in [2.05, 4.69) is 15.6 Å². The predicted octanol–water partition coefficient (Wildman–Crippen LogP) is 6.04. The first-order valence-corrected chi connectivity index (χ1v) is 11.5. The number of aryl methyl sites for hydroxylation is 1. The van der Waals surface area contributed by atoms with E-state index < -0.39 is 0 Å². The van der Waals surface area contributed by atoms with Crippen LogP contribution in [0.15, 0.2) is 102 Å². The van der Waals surface area contributed by atoms with Crippen molar-refractivity contribution in [2.24, 2.45) is 0 Å². The second-order valence-corrected chi connectivity index (χ2v) is 8.47. The van der Waals surface area contributed by atoms with Crippen LogP contribution in [0.5, 0.6) is 0 Å². The summed E-state index contributed by atoms with van der Waals surface area (Å²) in [6.45, 7) is 2.00. The van der Waals surface area contributed by atoms with Gasteiger partial charge in [0, 0.05) is 22.3 Å². The number of anilines is 2. The molecule has 2 N–H and O–H groups in total.